The number of fused-ring (bicyclic) bond motifs is 5. The van der Waals surface area contributed by atoms with Gasteiger partial charge in [-0.05, 0) is 68.1 Å². The van der Waals surface area contributed by atoms with Crippen LogP contribution in [0.25, 0.3) is 65.7 Å². The van der Waals surface area contributed by atoms with Gasteiger partial charge in [0, 0.05) is 10.8 Å². The van der Waals surface area contributed by atoms with Gasteiger partial charge >= 0.3 is 0 Å². The highest BCUT2D eigenvalue weighted by atomic mass is 16.3. The molecule has 6 aromatic carbocycles. The summed E-state index contributed by atoms with van der Waals surface area (Å²) < 4.78 is 6.00. The first-order valence-electron chi connectivity index (χ1n) is 11.3. The van der Waals surface area contributed by atoms with Crippen LogP contribution in [0, 0.1) is 0 Å². The number of rotatable bonds is 2. The van der Waals surface area contributed by atoms with E-state index in [0.29, 0.717) is 0 Å². The van der Waals surface area contributed by atoms with Crippen LogP contribution in [0.15, 0.2) is 126 Å². The maximum atomic E-state index is 6.00. The summed E-state index contributed by atoms with van der Waals surface area (Å²) in [5.74, 6) is 0. The molecule has 154 valence electrons. The van der Waals surface area contributed by atoms with Gasteiger partial charge in [-0.15, -0.1) is 0 Å². The van der Waals surface area contributed by atoms with E-state index in [2.05, 4.69) is 109 Å². The average Bonchev–Trinajstić information content (AvgIpc) is 3.25. The van der Waals surface area contributed by atoms with Crippen molar-refractivity contribution < 1.29 is 4.42 Å². The zero-order valence-electron chi connectivity index (χ0n) is 18.0. The molecule has 7 aromatic rings. The highest BCUT2D eigenvalue weighted by Crippen LogP contribution is 2.38. The van der Waals surface area contributed by atoms with E-state index in [1.54, 1.807) is 0 Å². The van der Waals surface area contributed by atoms with Crippen LogP contribution < -0.4 is 0 Å². The Labute approximate surface area is 191 Å². The second-order valence-corrected chi connectivity index (χ2v) is 8.58. The zero-order chi connectivity index (χ0) is 21.8. The molecule has 0 bridgehead atoms. The molecule has 0 spiro atoms. The average molecular weight is 421 g/mol. The zero-order valence-corrected chi connectivity index (χ0v) is 18.0. The molecule has 0 aliphatic rings. The fraction of sp³-hybridized carbons (Fsp3) is 0. The van der Waals surface area contributed by atoms with E-state index >= 15 is 0 Å². The summed E-state index contributed by atoms with van der Waals surface area (Å²) >= 11 is 0. The second kappa shape index (κ2) is 7.08. The lowest BCUT2D eigenvalue weighted by molar-refractivity contribution is 0.669. The highest BCUT2D eigenvalue weighted by Gasteiger charge is 2.11. The molecule has 1 heteroatoms. The van der Waals surface area contributed by atoms with E-state index in [-0.39, 0.29) is 0 Å². The lowest BCUT2D eigenvalue weighted by atomic mass is 9.91. The molecule has 0 radical (unpaired) electrons. The third-order valence-corrected chi connectivity index (χ3v) is 6.65. The summed E-state index contributed by atoms with van der Waals surface area (Å²) in [5.41, 5.74) is 6.80. The molecule has 0 aliphatic heterocycles. The number of furan rings is 1. The van der Waals surface area contributed by atoms with Gasteiger partial charge < -0.3 is 4.42 Å². The highest BCUT2D eigenvalue weighted by molar-refractivity contribution is 6.12. The van der Waals surface area contributed by atoms with Crippen molar-refractivity contribution in [2.75, 3.05) is 0 Å². The second-order valence-electron chi connectivity index (χ2n) is 8.58. The maximum Gasteiger partial charge on any atom is 0.135 e. The van der Waals surface area contributed by atoms with Crippen LogP contribution in [0.5, 0.6) is 0 Å². The first kappa shape index (κ1) is 18.2. The third kappa shape index (κ3) is 2.86. The largest absolute Gasteiger partial charge is 0.456 e. The lowest BCUT2D eigenvalue weighted by Gasteiger charge is -2.13. The first-order valence-corrected chi connectivity index (χ1v) is 11.3. The predicted octanol–water partition coefficient (Wildman–Crippen LogP) is 9.23. The molecule has 0 N–H and O–H groups in total. The summed E-state index contributed by atoms with van der Waals surface area (Å²) in [6, 6.07) is 43.3. The molecule has 0 amide bonds. The number of hydrogen-bond acceptors (Lipinski definition) is 1. The molecule has 1 aromatic heterocycles. The smallest absolute Gasteiger partial charge is 0.135 e. The van der Waals surface area contributed by atoms with Crippen molar-refractivity contribution in [2.24, 2.45) is 0 Å². The van der Waals surface area contributed by atoms with Crippen molar-refractivity contribution >= 4 is 43.5 Å². The van der Waals surface area contributed by atoms with Crippen LogP contribution in [0.2, 0.25) is 0 Å². The van der Waals surface area contributed by atoms with Gasteiger partial charge in [0.05, 0.1) is 0 Å². The van der Waals surface area contributed by atoms with Crippen molar-refractivity contribution in [3.05, 3.63) is 121 Å². The Morgan fingerprint density at radius 1 is 0.364 bits per heavy atom. The molecule has 0 saturated carbocycles. The number of para-hydroxylation sites is 1. The maximum absolute atomic E-state index is 6.00. The van der Waals surface area contributed by atoms with Gasteiger partial charge in [0.15, 0.2) is 0 Å². The van der Waals surface area contributed by atoms with E-state index in [0.717, 1.165) is 21.9 Å². The van der Waals surface area contributed by atoms with Crippen molar-refractivity contribution in [3.63, 3.8) is 0 Å². The molecule has 7 rings (SSSR count). The van der Waals surface area contributed by atoms with Crippen LogP contribution in [0.4, 0.5) is 0 Å². The van der Waals surface area contributed by atoms with Crippen LogP contribution >= 0.6 is 0 Å². The summed E-state index contributed by atoms with van der Waals surface area (Å²) in [7, 11) is 0. The van der Waals surface area contributed by atoms with E-state index < -0.39 is 0 Å². The summed E-state index contributed by atoms with van der Waals surface area (Å²) in [5, 5.41) is 7.44. The standard InChI is InChI=1S/C32H20O/c1-3-9-26-24(7-1)19-25-8-2-4-10-27(25)32(26)22-15-13-21(14-16-22)23-17-18-31-29(20-23)28-11-5-6-12-30(28)33-31/h1-20H. The Bertz CT molecular complexity index is 1750. The van der Waals surface area contributed by atoms with E-state index in [1.165, 1.54) is 43.8 Å². The van der Waals surface area contributed by atoms with Gasteiger partial charge in [-0.25, -0.2) is 0 Å². The first-order chi connectivity index (χ1) is 16.3. The topological polar surface area (TPSA) is 13.1 Å². The predicted molar refractivity (Wildman–Crippen MR) is 140 cm³/mol. The van der Waals surface area contributed by atoms with Crippen molar-refractivity contribution in [3.8, 4) is 22.3 Å². The van der Waals surface area contributed by atoms with Gasteiger partial charge in [0.1, 0.15) is 11.2 Å². The summed E-state index contributed by atoms with van der Waals surface area (Å²) in [6.45, 7) is 0. The Balaban J connectivity index is 1.39. The summed E-state index contributed by atoms with van der Waals surface area (Å²) in [6.07, 6.45) is 0. The Morgan fingerprint density at radius 3 is 1.64 bits per heavy atom. The van der Waals surface area contributed by atoms with E-state index in [1.807, 2.05) is 12.1 Å². The van der Waals surface area contributed by atoms with Gasteiger partial charge in [0.25, 0.3) is 0 Å². The molecule has 0 saturated heterocycles. The van der Waals surface area contributed by atoms with Gasteiger partial charge in [0.2, 0.25) is 0 Å². The fourth-order valence-electron chi connectivity index (χ4n) is 5.06. The monoisotopic (exact) mass is 420 g/mol. The normalized spacial score (nSPS) is 11.6. The summed E-state index contributed by atoms with van der Waals surface area (Å²) in [4.78, 5) is 0. The molecule has 0 fully saturated rings. The molecule has 1 heterocycles. The SMILES string of the molecule is c1ccc2c(-c3ccc(-c4ccc5oc6ccccc6c5c4)cc3)c3ccccc3cc2c1. The fourth-order valence-corrected chi connectivity index (χ4v) is 5.06. The third-order valence-electron chi connectivity index (χ3n) is 6.65. The van der Waals surface area contributed by atoms with E-state index in [4.69, 9.17) is 4.42 Å². The molecular formula is C32H20O. The Kier molecular flexibility index (Phi) is 3.91. The van der Waals surface area contributed by atoms with E-state index in [9.17, 15) is 0 Å². The van der Waals surface area contributed by atoms with Crippen LogP contribution in [-0.2, 0) is 0 Å². The van der Waals surface area contributed by atoms with Crippen LogP contribution in [0.1, 0.15) is 0 Å². The Hall–Kier alpha value is -4.36. The van der Waals surface area contributed by atoms with Crippen LogP contribution in [0.3, 0.4) is 0 Å². The molecule has 0 atom stereocenters. The van der Waals surface area contributed by atoms with Crippen molar-refractivity contribution in [2.45, 2.75) is 0 Å². The van der Waals surface area contributed by atoms with Crippen LogP contribution in [-0.4, -0.2) is 0 Å². The molecule has 1 nitrogen and oxygen atoms in total. The van der Waals surface area contributed by atoms with Gasteiger partial charge in [-0.3, -0.25) is 0 Å². The molecule has 0 aliphatic carbocycles. The number of hydrogen-bond donors (Lipinski definition) is 0. The van der Waals surface area contributed by atoms with Crippen molar-refractivity contribution in [1.29, 1.82) is 0 Å². The van der Waals surface area contributed by atoms with Crippen molar-refractivity contribution in [1.82, 2.24) is 0 Å². The van der Waals surface area contributed by atoms with Gasteiger partial charge in [-0.1, -0.05) is 97.1 Å². The molecule has 33 heavy (non-hydrogen) atoms. The number of benzene rings is 6. The lowest BCUT2D eigenvalue weighted by Crippen LogP contribution is -1.86. The molecule has 0 unspecified atom stereocenters. The Morgan fingerprint density at radius 2 is 0.909 bits per heavy atom. The molecular weight excluding hydrogens is 400 g/mol. The van der Waals surface area contributed by atoms with Gasteiger partial charge in [-0.2, -0.15) is 0 Å². The quantitative estimate of drug-likeness (QED) is 0.254. The minimum absolute atomic E-state index is 0.929. The minimum Gasteiger partial charge on any atom is -0.456 e. The minimum atomic E-state index is 0.929.